The minimum Gasteiger partial charge on any atom is -0.497 e. The Balaban J connectivity index is 2.24. The van der Waals surface area contributed by atoms with E-state index in [0.717, 1.165) is 30.7 Å². The number of carbonyl (C=O) groups is 1. The summed E-state index contributed by atoms with van der Waals surface area (Å²) >= 11 is 0. The average molecular weight is 249 g/mol. The summed E-state index contributed by atoms with van der Waals surface area (Å²) in [6, 6.07) is 7.85. The summed E-state index contributed by atoms with van der Waals surface area (Å²) in [6.07, 6.45) is 2.36. The van der Waals surface area contributed by atoms with Crippen molar-refractivity contribution in [3.05, 3.63) is 29.8 Å². The molecule has 18 heavy (non-hydrogen) atoms. The molecule has 100 valence electrons. The maximum Gasteiger partial charge on any atom is 0.220 e. The van der Waals surface area contributed by atoms with E-state index in [9.17, 15) is 4.79 Å². The first-order valence-corrected chi connectivity index (χ1v) is 6.51. The fourth-order valence-corrected chi connectivity index (χ4v) is 1.64. The molecule has 0 heterocycles. The molecule has 0 unspecified atom stereocenters. The van der Waals surface area contributed by atoms with Crippen LogP contribution in [0.15, 0.2) is 24.3 Å². The normalized spacial score (nSPS) is 10.4. The number of nitrogens with one attached hydrogen (secondary N) is 1. The number of methoxy groups -OCH3 is 1. The first-order valence-electron chi connectivity index (χ1n) is 6.51. The van der Waals surface area contributed by atoms with Crippen LogP contribution in [0.5, 0.6) is 5.75 Å². The summed E-state index contributed by atoms with van der Waals surface area (Å²) in [5.41, 5.74) is 1.16. The highest BCUT2D eigenvalue weighted by Gasteiger charge is 2.02. The third-order valence-electron chi connectivity index (χ3n) is 2.84. The molecule has 0 spiro atoms. The first-order chi connectivity index (χ1) is 8.61. The molecule has 0 saturated carbocycles. The van der Waals surface area contributed by atoms with Crippen LogP contribution in [-0.4, -0.2) is 19.6 Å². The third kappa shape index (κ3) is 5.71. The van der Waals surface area contributed by atoms with E-state index in [4.69, 9.17) is 4.74 Å². The van der Waals surface area contributed by atoms with Crippen molar-refractivity contribution >= 4 is 5.91 Å². The van der Waals surface area contributed by atoms with Gasteiger partial charge in [0.1, 0.15) is 5.75 Å². The fourth-order valence-electron chi connectivity index (χ4n) is 1.64. The zero-order valence-electron chi connectivity index (χ0n) is 11.5. The van der Waals surface area contributed by atoms with Crippen LogP contribution in [0.4, 0.5) is 0 Å². The highest BCUT2D eigenvalue weighted by molar-refractivity contribution is 5.76. The van der Waals surface area contributed by atoms with Gasteiger partial charge >= 0.3 is 0 Å². The van der Waals surface area contributed by atoms with Crippen molar-refractivity contribution in [3.8, 4) is 5.75 Å². The second kappa shape index (κ2) is 7.75. The summed E-state index contributed by atoms with van der Waals surface area (Å²) in [5, 5.41) is 2.94. The van der Waals surface area contributed by atoms with E-state index in [1.807, 2.05) is 24.3 Å². The molecule has 0 aliphatic heterocycles. The Morgan fingerprint density at radius 3 is 2.50 bits per heavy atom. The Bertz CT molecular complexity index is 357. The highest BCUT2D eigenvalue weighted by Crippen LogP contribution is 2.12. The van der Waals surface area contributed by atoms with Gasteiger partial charge in [0.15, 0.2) is 0 Å². The lowest BCUT2D eigenvalue weighted by atomic mass is 10.1. The number of benzene rings is 1. The van der Waals surface area contributed by atoms with Crippen LogP contribution in [-0.2, 0) is 11.2 Å². The number of hydrogen-bond acceptors (Lipinski definition) is 2. The Kier molecular flexibility index (Phi) is 6.26. The molecular weight excluding hydrogens is 226 g/mol. The van der Waals surface area contributed by atoms with Crippen LogP contribution >= 0.6 is 0 Å². The number of hydrogen-bond donors (Lipinski definition) is 1. The van der Waals surface area contributed by atoms with E-state index in [1.165, 1.54) is 0 Å². The predicted molar refractivity (Wildman–Crippen MR) is 73.8 cm³/mol. The monoisotopic (exact) mass is 249 g/mol. The molecule has 0 saturated heterocycles. The van der Waals surface area contributed by atoms with Crippen LogP contribution in [0, 0.1) is 5.92 Å². The minimum absolute atomic E-state index is 0.131. The van der Waals surface area contributed by atoms with Crippen molar-refractivity contribution in [2.75, 3.05) is 13.7 Å². The zero-order valence-corrected chi connectivity index (χ0v) is 11.5. The van der Waals surface area contributed by atoms with E-state index in [1.54, 1.807) is 7.11 Å². The van der Waals surface area contributed by atoms with Gasteiger partial charge in [0.25, 0.3) is 0 Å². The number of rotatable bonds is 7. The largest absolute Gasteiger partial charge is 0.497 e. The Labute approximate surface area is 110 Å². The average Bonchev–Trinajstić information content (AvgIpc) is 2.36. The van der Waals surface area contributed by atoms with E-state index >= 15 is 0 Å². The molecular formula is C15H23NO2. The van der Waals surface area contributed by atoms with E-state index in [2.05, 4.69) is 19.2 Å². The second-order valence-electron chi connectivity index (χ2n) is 4.88. The smallest absolute Gasteiger partial charge is 0.220 e. The van der Waals surface area contributed by atoms with Crippen molar-refractivity contribution in [2.45, 2.75) is 33.1 Å². The lowest BCUT2D eigenvalue weighted by molar-refractivity contribution is -0.121. The first kappa shape index (κ1) is 14.6. The maximum absolute atomic E-state index is 11.6. The van der Waals surface area contributed by atoms with Gasteiger partial charge in [-0.25, -0.2) is 0 Å². The van der Waals surface area contributed by atoms with E-state index in [-0.39, 0.29) is 5.91 Å². The molecule has 0 radical (unpaired) electrons. The van der Waals surface area contributed by atoms with Gasteiger partial charge in [-0.05, 0) is 36.5 Å². The minimum atomic E-state index is 0.131. The number of carbonyl (C=O) groups excluding carboxylic acids is 1. The summed E-state index contributed by atoms with van der Waals surface area (Å²) in [4.78, 5) is 11.6. The zero-order chi connectivity index (χ0) is 13.4. The molecule has 1 N–H and O–H groups in total. The molecule has 3 heteroatoms. The summed E-state index contributed by atoms with van der Waals surface area (Å²) < 4.78 is 5.09. The van der Waals surface area contributed by atoms with Crippen molar-refractivity contribution in [1.29, 1.82) is 0 Å². The number of amides is 1. The molecule has 0 bridgehead atoms. The molecule has 0 fully saturated rings. The van der Waals surface area contributed by atoms with Gasteiger partial charge < -0.3 is 10.1 Å². The number of aryl methyl sites for hydroxylation is 1. The molecule has 0 aromatic heterocycles. The quantitative estimate of drug-likeness (QED) is 0.807. The van der Waals surface area contributed by atoms with Crippen LogP contribution < -0.4 is 10.1 Å². The molecule has 0 atom stereocenters. The van der Waals surface area contributed by atoms with Crippen molar-refractivity contribution in [1.82, 2.24) is 5.32 Å². The summed E-state index contributed by atoms with van der Waals surface area (Å²) in [5.74, 6) is 1.61. The number of ether oxygens (including phenoxy) is 1. The van der Waals surface area contributed by atoms with Crippen molar-refractivity contribution in [2.24, 2.45) is 5.92 Å². The lowest BCUT2D eigenvalue weighted by Gasteiger charge is -2.07. The van der Waals surface area contributed by atoms with Gasteiger partial charge in [0.2, 0.25) is 5.91 Å². The SMILES string of the molecule is COc1ccc(CCC(=O)NCCC(C)C)cc1. The van der Waals surface area contributed by atoms with Gasteiger partial charge in [-0.2, -0.15) is 0 Å². The van der Waals surface area contributed by atoms with Gasteiger partial charge in [0, 0.05) is 13.0 Å². The Hall–Kier alpha value is -1.51. The van der Waals surface area contributed by atoms with Crippen molar-refractivity contribution in [3.63, 3.8) is 0 Å². The van der Waals surface area contributed by atoms with Crippen LogP contribution in [0.3, 0.4) is 0 Å². The topological polar surface area (TPSA) is 38.3 Å². The van der Waals surface area contributed by atoms with Crippen LogP contribution in [0.2, 0.25) is 0 Å². The summed E-state index contributed by atoms with van der Waals surface area (Å²) in [7, 11) is 1.65. The predicted octanol–water partition coefficient (Wildman–Crippen LogP) is 2.79. The van der Waals surface area contributed by atoms with Gasteiger partial charge in [-0.3, -0.25) is 4.79 Å². The molecule has 1 aromatic carbocycles. The molecule has 0 aliphatic carbocycles. The van der Waals surface area contributed by atoms with E-state index < -0.39 is 0 Å². The van der Waals surface area contributed by atoms with Crippen LogP contribution in [0.1, 0.15) is 32.3 Å². The third-order valence-corrected chi connectivity index (χ3v) is 2.84. The molecule has 0 aliphatic rings. The molecule has 3 nitrogen and oxygen atoms in total. The van der Waals surface area contributed by atoms with Crippen molar-refractivity contribution < 1.29 is 9.53 Å². The second-order valence-corrected chi connectivity index (χ2v) is 4.88. The van der Waals surface area contributed by atoms with Gasteiger partial charge in [-0.15, -0.1) is 0 Å². The van der Waals surface area contributed by atoms with Gasteiger partial charge in [-0.1, -0.05) is 26.0 Å². The van der Waals surface area contributed by atoms with Crippen LogP contribution in [0.25, 0.3) is 0 Å². The van der Waals surface area contributed by atoms with E-state index in [0.29, 0.717) is 12.3 Å². The highest BCUT2D eigenvalue weighted by atomic mass is 16.5. The molecule has 1 amide bonds. The summed E-state index contributed by atoms with van der Waals surface area (Å²) in [6.45, 7) is 5.09. The Morgan fingerprint density at radius 2 is 1.94 bits per heavy atom. The maximum atomic E-state index is 11.6. The molecule has 1 aromatic rings. The lowest BCUT2D eigenvalue weighted by Crippen LogP contribution is -2.25. The fraction of sp³-hybridized carbons (Fsp3) is 0.533. The van der Waals surface area contributed by atoms with Gasteiger partial charge in [0.05, 0.1) is 7.11 Å². The Morgan fingerprint density at radius 1 is 1.28 bits per heavy atom. The standard InChI is InChI=1S/C15H23NO2/c1-12(2)10-11-16-15(17)9-6-13-4-7-14(18-3)8-5-13/h4-5,7-8,12H,6,9-11H2,1-3H3,(H,16,17). The molecule has 1 rings (SSSR count).